The van der Waals surface area contributed by atoms with Gasteiger partial charge in [0.15, 0.2) is 0 Å². The Morgan fingerprint density at radius 1 is 1.56 bits per heavy atom. The summed E-state index contributed by atoms with van der Waals surface area (Å²) in [6, 6.07) is 0. The van der Waals surface area contributed by atoms with E-state index in [1.54, 1.807) is 0 Å². The minimum Gasteiger partial charge on any atom is -0.483 e. The highest BCUT2D eigenvalue weighted by Gasteiger charge is 2.28. The summed E-state index contributed by atoms with van der Waals surface area (Å²) in [5.74, 6) is -0.611. The van der Waals surface area contributed by atoms with Gasteiger partial charge in [0.1, 0.15) is 0 Å². The molecular weight excluding hydrogens is 124 g/mol. The van der Waals surface area contributed by atoms with E-state index in [1.165, 1.54) is 0 Å². The smallest absolute Gasteiger partial charge is 0.306 e. The molecule has 0 amide bonds. The van der Waals surface area contributed by atoms with Gasteiger partial charge in [-0.25, -0.2) is 0 Å². The molecule has 0 spiro atoms. The van der Waals surface area contributed by atoms with E-state index in [0.717, 1.165) is 12.8 Å². The third-order valence-corrected chi connectivity index (χ3v) is 0.927. The zero-order valence-electron chi connectivity index (χ0n) is 4.78. The van der Waals surface area contributed by atoms with Gasteiger partial charge in [-0.05, 0) is 12.8 Å². The van der Waals surface area contributed by atoms with Crippen LogP contribution in [0.15, 0.2) is 0 Å². The van der Waals surface area contributed by atoms with Crippen LogP contribution in [0.5, 0.6) is 0 Å². The fraction of sp³-hybridized carbons (Fsp3) is 0.600. The van der Waals surface area contributed by atoms with Crippen molar-refractivity contribution in [3.63, 3.8) is 0 Å². The molecule has 1 saturated carbocycles. The standard InChI is InChI=1S/C4H6O2.CH2O2/c5-4(6)3-1-2-3;2-1-3/h3H,1-2H2,(H,5,6);1H,(H,2,3). The van der Waals surface area contributed by atoms with E-state index in [-0.39, 0.29) is 12.4 Å². The molecule has 0 heterocycles. The first-order valence-corrected chi connectivity index (χ1v) is 2.53. The number of aliphatic carboxylic acids is 1. The fourth-order valence-electron chi connectivity index (χ4n) is 0.330. The normalized spacial score (nSPS) is 15.1. The summed E-state index contributed by atoms with van der Waals surface area (Å²) in [7, 11) is 0. The number of hydrogen-bond donors (Lipinski definition) is 2. The van der Waals surface area contributed by atoms with Gasteiger partial charge >= 0.3 is 5.97 Å². The number of rotatable bonds is 1. The van der Waals surface area contributed by atoms with Gasteiger partial charge in [0.05, 0.1) is 5.92 Å². The zero-order valence-corrected chi connectivity index (χ0v) is 4.78. The number of carbonyl (C=O) groups is 2. The molecule has 1 fully saturated rings. The Morgan fingerprint density at radius 2 is 1.89 bits per heavy atom. The second-order valence-corrected chi connectivity index (χ2v) is 1.72. The molecule has 2 N–H and O–H groups in total. The highest BCUT2D eigenvalue weighted by atomic mass is 16.4. The first-order chi connectivity index (χ1) is 4.22. The van der Waals surface area contributed by atoms with Crippen LogP contribution in [0.3, 0.4) is 0 Å². The predicted octanol–water partition coefficient (Wildman–Crippen LogP) is 0.182. The predicted molar refractivity (Wildman–Crippen MR) is 29.1 cm³/mol. The lowest BCUT2D eigenvalue weighted by molar-refractivity contribution is -0.138. The molecule has 0 unspecified atom stereocenters. The molecule has 0 aromatic rings. The summed E-state index contributed by atoms with van der Waals surface area (Å²) < 4.78 is 0. The highest BCUT2D eigenvalue weighted by Crippen LogP contribution is 2.28. The lowest BCUT2D eigenvalue weighted by atomic mass is 10.5. The minimum atomic E-state index is -0.630. The van der Waals surface area contributed by atoms with Gasteiger partial charge in [-0.2, -0.15) is 0 Å². The van der Waals surface area contributed by atoms with Crippen molar-refractivity contribution in [2.45, 2.75) is 12.8 Å². The van der Waals surface area contributed by atoms with E-state index < -0.39 is 5.97 Å². The molecule has 0 aliphatic heterocycles. The molecule has 1 rings (SSSR count). The van der Waals surface area contributed by atoms with Crippen LogP contribution >= 0.6 is 0 Å². The van der Waals surface area contributed by atoms with Crippen LogP contribution in [0.4, 0.5) is 0 Å². The van der Waals surface area contributed by atoms with Crippen molar-refractivity contribution in [1.82, 2.24) is 0 Å². The van der Waals surface area contributed by atoms with Gasteiger partial charge in [0, 0.05) is 0 Å². The van der Waals surface area contributed by atoms with E-state index in [1.807, 2.05) is 0 Å². The average Bonchev–Trinajstić information content (AvgIpc) is 2.44. The van der Waals surface area contributed by atoms with Crippen LogP contribution in [-0.2, 0) is 9.59 Å². The van der Waals surface area contributed by atoms with Crippen LogP contribution < -0.4 is 0 Å². The highest BCUT2D eigenvalue weighted by molar-refractivity contribution is 5.72. The quantitative estimate of drug-likeness (QED) is 0.499. The van der Waals surface area contributed by atoms with E-state index in [0.29, 0.717) is 0 Å². The second-order valence-electron chi connectivity index (χ2n) is 1.72. The van der Waals surface area contributed by atoms with Gasteiger partial charge in [0.2, 0.25) is 0 Å². The maximum atomic E-state index is 9.76. The van der Waals surface area contributed by atoms with E-state index >= 15 is 0 Å². The molecule has 1 aliphatic carbocycles. The molecule has 0 bridgehead atoms. The largest absolute Gasteiger partial charge is 0.483 e. The second kappa shape index (κ2) is 3.88. The molecule has 0 atom stereocenters. The number of carboxylic acid groups (broad SMARTS) is 2. The van der Waals surface area contributed by atoms with Crippen molar-refractivity contribution in [1.29, 1.82) is 0 Å². The molecule has 52 valence electrons. The molecular formula is C5H8O4. The Morgan fingerprint density at radius 3 is 1.89 bits per heavy atom. The first-order valence-electron chi connectivity index (χ1n) is 2.53. The van der Waals surface area contributed by atoms with Gasteiger partial charge in [-0.15, -0.1) is 0 Å². The fourth-order valence-corrected chi connectivity index (χ4v) is 0.330. The van der Waals surface area contributed by atoms with E-state index in [4.69, 9.17) is 15.0 Å². The average molecular weight is 132 g/mol. The van der Waals surface area contributed by atoms with Crippen molar-refractivity contribution in [2.75, 3.05) is 0 Å². The Hall–Kier alpha value is -1.06. The minimum absolute atomic E-state index is 0.0185. The summed E-state index contributed by atoms with van der Waals surface area (Å²) in [6.07, 6.45) is 1.80. The summed E-state index contributed by atoms with van der Waals surface area (Å²) in [5.41, 5.74) is 0. The van der Waals surface area contributed by atoms with Gasteiger partial charge in [0.25, 0.3) is 6.47 Å². The van der Waals surface area contributed by atoms with E-state index in [2.05, 4.69) is 0 Å². The van der Waals surface area contributed by atoms with Crippen LogP contribution in [0.25, 0.3) is 0 Å². The third-order valence-electron chi connectivity index (χ3n) is 0.927. The van der Waals surface area contributed by atoms with Crippen molar-refractivity contribution < 1.29 is 19.8 Å². The van der Waals surface area contributed by atoms with Crippen molar-refractivity contribution in [3.05, 3.63) is 0 Å². The Bertz CT molecular complexity index is 106. The van der Waals surface area contributed by atoms with Crippen molar-refractivity contribution >= 4 is 12.4 Å². The molecule has 0 aromatic heterocycles. The first kappa shape index (κ1) is 7.94. The molecule has 0 radical (unpaired) electrons. The van der Waals surface area contributed by atoms with Crippen LogP contribution in [0, 0.1) is 5.92 Å². The number of carboxylic acids is 1. The van der Waals surface area contributed by atoms with Crippen molar-refractivity contribution in [2.24, 2.45) is 5.92 Å². The summed E-state index contributed by atoms with van der Waals surface area (Å²) in [4.78, 5) is 18.1. The van der Waals surface area contributed by atoms with Crippen molar-refractivity contribution in [3.8, 4) is 0 Å². The maximum Gasteiger partial charge on any atom is 0.306 e. The third kappa shape index (κ3) is 4.80. The topological polar surface area (TPSA) is 74.6 Å². The Labute approximate surface area is 52.1 Å². The monoisotopic (exact) mass is 132 g/mol. The lowest BCUT2D eigenvalue weighted by Gasteiger charge is -1.75. The molecule has 0 saturated heterocycles. The van der Waals surface area contributed by atoms with Gasteiger partial charge in [-0.3, -0.25) is 9.59 Å². The molecule has 4 heteroatoms. The van der Waals surface area contributed by atoms with Crippen LogP contribution in [0.2, 0.25) is 0 Å². The summed E-state index contributed by atoms with van der Waals surface area (Å²) >= 11 is 0. The lowest BCUT2D eigenvalue weighted by Crippen LogP contribution is -1.94. The number of hydrogen-bond acceptors (Lipinski definition) is 2. The van der Waals surface area contributed by atoms with Crippen LogP contribution in [-0.4, -0.2) is 22.7 Å². The SMILES string of the molecule is O=C(O)C1CC1.O=CO. The molecule has 1 aliphatic rings. The summed E-state index contributed by atoms with van der Waals surface area (Å²) in [5, 5.41) is 14.9. The Kier molecular flexibility index (Phi) is 3.43. The maximum absolute atomic E-state index is 9.76. The Balaban J connectivity index is 0.000000187. The van der Waals surface area contributed by atoms with Crippen LogP contribution in [0.1, 0.15) is 12.8 Å². The summed E-state index contributed by atoms with van der Waals surface area (Å²) in [6.45, 7) is -0.250. The molecule has 4 nitrogen and oxygen atoms in total. The van der Waals surface area contributed by atoms with Gasteiger partial charge < -0.3 is 10.2 Å². The van der Waals surface area contributed by atoms with E-state index in [9.17, 15) is 4.79 Å². The van der Waals surface area contributed by atoms with Gasteiger partial charge in [-0.1, -0.05) is 0 Å². The molecule has 9 heavy (non-hydrogen) atoms. The zero-order chi connectivity index (χ0) is 7.28. The molecule has 0 aromatic carbocycles.